The Kier molecular flexibility index (Phi) is 11.6. The van der Waals surface area contributed by atoms with Crippen molar-refractivity contribution < 1.29 is 28.4 Å². The van der Waals surface area contributed by atoms with Gasteiger partial charge in [0.15, 0.2) is 0 Å². The summed E-state index contributed by atoms with van der Waals surface area (Å²) in [6, 6.07) is 50.1. The molecule has 1 fully saturated rings. The molecule has 0 bridgehead atoms. The zero-order valence-corrected chi connectivity index (χ0v) is 25.8. The molecule has 1 aliphatic heterocycles. The second-order valence-corrected chi connectivity index (χ2v) is 11.3. The molecule has 5 atom stereocenters. The summed E-state index contributed by atoms with van der Waals surface area (Å²) in [5, 5.41) is 0. The van der Waals surface area contributed by atoms with E-state index >= 15 is 0 Å². The van der Waals surface area contributed by atoms with Gasteiger partial charge in [0.1, 0.15) is 30.2 Å². The van der Waals surface area contributed by atoms with Crippen LogP contribution in [0.3, 0.4) is 0 Å². The number of rotatable bonds is 15. The number of ether oxygens (including phenoxy) is 6. The standard InChI is InChI=1S/C40H40O6/c1-6-16-31(17-7-1)26-41-30-36-37(42-27-32-18-8-2-9-19-32)38(43-28-33-20-10-3-11-21-33)39(44-29-34-22-12-4-13-23-34)40(46-36)45-35-24-14-5-15-25-35/h1-25,36-40H,26-30H2/t36?,37-,38?,39?,40+/m0/s1. The van der Waals surface area contributed by atoms with Crippen LogP contribution in [0.1, 0.15) is 22.3 Å². The van der Waals surface area contributed by atoms with E-state index in [9.17, 15) is 0 Å². The molecule has 1 saturated heterocycles. The Hall–Kier alpha value is -4.30. The van der Waals surface area contributed by atoms with E-state index in [2.05, 4.69) is 24.3 Å². The van der Waals surface area contributed by atoms with E-state index in [0.717, 1.165) is 22.3 Å². The second-order valence-electron chi connectivity index (χ2n) is 11.3. The van der Waals surface area contributed by atoms with Gasteiger partial charge in [0, 0.05) is 0 Å². The highest BCUT2D eigenvalue weighted by atomic mass is 16.7. The van der Waals surface area contributed by atoms with Crippen LogP contribution in [0.2, 0.25) is 0 Å². The normalized spacial score (nSPS) is 21.1. The summed E-state index contributed by atoms with van der Waals surface area (Å²) >= 11 is 0. The smallest absolute Gasteiger partial charge is 0.229 e. The van der Waals surface area contributed by atoms with Crippen molar-refractivity contribution in [2.75, 3.05) is 6.61 Å². The molecule has 0 saturated carbocycles. The van der Waals surface area contributed by atoms with Crippen LogP contribution in [-0.2, 0) is 50.1 Å². The Morgan fingerprint density at radius 3 is 1.28 bits per heavy atom. The van der Waals surface area contributed by atoms with Crippen molar-refractivity contribution in [1.29, 1.82) is 0 Å². The van der Waals surface area contributed by atoms with Gasteiger partial charge >= 0.3 is 0 Å². The molecule has 6 heteroatoms. The predicted octanol–water partition coefficient (Wildman–Crippen LogP) is 7.76. The van der Waals surface area contributed by atoms with Crippen LogP contribution in [0.5, 0.6) is 5.75 Å². The highest BCUT2D eigenvalue weighted by Crippen LogP contribution is 2.32. The van der Waals surface area contributed by atoms with E-state index in [1.807, 2.05) is 127 Å². The third-order valence-corrected chi connectivity index (χ3v) is 7.84. The summed E-state index contributed by atoms with van der Waals surface area (Å²) < 4.78 is 39.6. The lowest BCUT2D eigenvalue weighted by Gasteiger charge is -2.45. The van der Waals surface area contributed by atoms with Crippen LogP contribution in [0.25, 0.3) is 0 Å². The van der Waals surface area contributed by atoms with E-state index in [1.165, 1.54) is 0 Å². The molecule has 6 nitrogen and oxygen atoms in total. The summed E-state index contributed by atoms with van der Waals surface area (Å²) in [5.74, 6) is 0.676. The fraction of sp³-hybridized carbons (Fsp3) is 0.250. The quantitative estimate of drug-likeness (QED) is 0.120. The van der Waals surface area contributed by atoms with Gasteiger partial charge in [-0.15, -0.1) is 0 Å². The van der Waals surface area contributed by atoms with Gasteiger partial charge in [-0.1, -0.05) is 140 Å². The van der Waals surface area contributed by atoms with Gasteiger partial charge < -0.3 is 28.4 Å². The van der Waals surface area contributed by atoms with E-state index in [-0.39, 0.29) is 6.61 Å². The number of hydrogen-bond donors (Lipinski definition) is 0. The Morgan fingerprint density at radius 2 is 0.804 bits per heavy atom. The lowest BCUT2D eigenvalue weighted by molar-refractivity contribution is -0.310. The molecule has 46 heavy (non-hydrogen) atoms. The van der Waals surface area contributed by atoms with Gasteiger partial charge in [0.05, 0.1) is 33.0 Å². The summed E-state index contributed by atoms with van der Waals surface area (Å²) in [5.41, 5.74) is 4.23. The minimum Gasteiger partial charge on any atom is -0.462 e. The SMILES string of the molecule is c1ccc(COCC2O[C@@H](Oc3ccccc3)C(OCc3ccccc3)C(OCc3ccccc3)[C@H]2OCc2ccccc2)cc1. The van der Waals surface area contributed by atoms with Crippen molar-refractivity contribution in [1.82, 2.24) is 0 Å². The zero-order valence-electron chi connectivity index (χ0n) is 25.8. The molecule has 0 spiro atoms. The van der Waals surface area contributed by atoms with Gasteiger partial charge in [0.25, 0.3) is 0 Å². The summed E-state index contributed by atoms with van der Waals surface area (Å²) in [4.78, 5) is 0. The van der Waals surface area contributed by atoms with Crippen molar-refractivity contribution in [2.24, 2.45) is 0 Å². The molecule has 3 unspecified atom stereocenters. The van der Waals surface area contributed by atoms with Gasteiger partial charge in [-0.25, -0.2) is 0 Å². The first kappa shape index (κ1) is 31.7. The lowest BCUT2D eigenvalue weighted by Crippen LogP contribution is -2.62. The molecule has 0 aliphatic carbocycles. The third-order valence-electron chi connectivity index (χ3n) is 7.84. The van der Waals surface area contributed by atoms with Crippen molar-refractivity contribution in [3.05, 3.63) is 174 Å². The maximum atomic E-state index is 6.77. The minimum atomic E-state index is -0.784. The highest BCUT2D eigenvalue weighted by molar-refractivity contribution is 5.22. The average molecular weight is 617 g/mol. The third kappa shape index (κ3) is 9.13. The molecule has 0 radical (unpaired) electrons. The second kappa shape index (κ2) is 16.9. The minimum absolute atomic E-state index is 0.277. The van der Waals surface area contributed by atoms with E-state index in [4.69, 9.17) is 28.4 Å². The van der Waals surface area contributed by atoms with Crippen LogP contribution < -0.4 is 4.74 Å². The molecule has 5 aromatic rings. The first-order valence-corrected chi connectivity index (χ1v) is 15.8. The van der Waals surface area contributed by atoms with Crippen LogP contribution >= 0.6 is 0 Å². The molecular weight excluding hydrogens is 576 g/mol. The van der Waals surface area contributed by atoms with Gasteiger partial charge in [-0.2, -0.15) is 0 Å². The molecule has 0 aromatic heterocycles. The van der Waals surface area contributed by atoms with E-state index in [1.54, 1.807) is 0 Å². The van der Waals surface area contributed by atoms with Crippen molar-refractivity contribution >= 4 is 0 Å². The molecule has 0 N–H and O–H groups in total. The highest BCUT2D eigenvalue weighted by Gasteiger charge is 2.49. The molecule has 236 valence electrons. The Bertz CT molecular complexity index is 1540. The monoisotopic (exact) mass is 616 g/mol. The van der Waals surface area contributed by atoms with Gasteiger partial charge in [0.2, 0.25) is 6.29 Å². The summed E-state index contributed by atoms with van der Waals surface area (Å²) in [6.45, 7) is 1.83. The topological polar surface area (TPSA) is 55.4 Å². The fourth-order valence-corrected chi connectivity index (χ4v) is 5.48. The van der Waals surface area contributed by atoms with Crippen LogP contribution in [0, 0.1) is 0 Å². The number of hydrogen-bond acceptors (Lipinski definition) is 6. The van der Waals surface area contributed by atoms with E-state index < -0.39 is 30.7 Å². The fourth-order valence-electron chi connectivity index (χ4n) is 5.48. The molecule has 1 aliphatic rings. The van der Waals surface area contributed by atoms with Gasteiger partial charge in [-0.05, 0) is 34.4 Å². The number of benzene rings is 5. The van der Waals surface area contributed by atoms with Crippen molar-refractivity contribution in [3.8, 4) is 5.75 Å². The van der Waals surface area contributed by atoms with Crippen molar-refractivity contribution in [3.63, 3.8) is 0 Å². The number of para-hydroxylation sites is 1. The summed E-state index contributed by atoms with van der Waals surface area (Å²) in [7, 11) is 0. The Labute approximate surface area is 271 Å². The van der Waals surface area contributed by atoms with Crippen molar-refractivity contribution in [2.45, 2.75) is 57.1 Å². The molecule has 5 aromatic carbocycles. The predicted molar refractivity (Wildman–Crippen MR) is 177 cm³/mol. The largest absolute Gasteiger partial charge is 0.462 e. The lowest BCUT2D eigenvalue weighted by atomic mass is 9.97. The molecule has 0 amide bonds. The maximum absolute atomic E-state index is 6.77. The average Bonchev–Trinajstić information content (AvgIpc) is 3.12. The molecule has 6 rings (SSSR count). The first-order valence-electron chi connectivity index (χ1n) is 15.8. The summed E-state index contributed by atoms with van der Waals surface area (Å²) in [6.07, 6.45) is -2.96. The van der Waals surface area contributed by atoms with Gasteiger partial charge in [-0.3, -0.25) is 0 Å². The van der Waals surface area contributed by atoms with Crippen LogP contribution in [0.4, 0.5) is 0 Å². The van der Waals surface area contributed by atoms with Crippen LogP contribution in [-0.4, -0.2) is 37.3 Å². The Balaban J connectivity index is 1.31. The van der Waals surface area contributed by atoms with E-state index in [0.29, 0.717) is 32.2 Å². The van der Waals surface area contributed by atoms with Crippen LogP contribution in [0.15, 0.2) is 152 Å². The molecule has 1 heterocycles. The molecular formula is C40H40O6. The Morgan fingerprint density at radius 1 is 0.413 bits per heavy atom. The first-order chi connectivity index (χ1) is 22.8. The maximum Gasteiger partial charge on any atom is 0.229 e. The zero-order chi connectivity index (χ0) is 31.2.